The number of alkyl halides is 2. The Hall–Kier alpha value is -2.78. The number of nitrogens with one attached hydrogen (secondary N) is 1. The Balaban J connectivity index is 1.78. The predicted octanol–water partition coefficient (Wildman–Crippen LogP) is 1.89. The van der Waals surface area contributed by atoms with Gasteiger partial charge >= 0.3 is 6.55 Å². The normalized spacial score (nSPS) is 14.8. The van der Waals surface area contributed by atoms with Gasteiger partial charge in [0.15, 0.2) is 5.69 Å². The summed E-state index contributed by atoms with van der Waals surface area (Å²) in [7, 11) is 1.61. The summed E-state index contributed by atoms with van der Waals surface area (Å²) in [5.41, 5.74) is 0.318. The number of hydrogen-bond acceptors (Lipinski definition) is 4. The summed E-state index contributed by atoms with van der Waals surface area (Å²) in [4.78, 5) is 26.6. The second kappa shape index (κ2) is 6.99. The molecule has 134 valence electrons. The average Bonchev–Trinajstić information content (AvgIpc) is 3.23. The van der Waals surface area contributed by atoms with E-state index < -0.39 is 12.5 Å². The number of aryl methyl sites for hydroxylation is 1. The molecule has 1 aliphatic heterocycles. The van der Waals surface area contributed by atoms with Crippen molar-refractivity contribution < 1.29 is 18.4 Å². The van der Waals surface area contributed by atoms with Crippen molar-refractivity contribution >= 4 is 17.5 Å². The Labute approximate surface area is 142 Å². The van der Waals surface area contributed by atoms with Crippen molar-refractivity contribution in [2.75, 3.05) is 18.4 Å². The lowest BCUT2D eigenvalue weighted by Gasteiger charge is -2.27. The summed E-state index contributed by atoms with van der Waals surface area (Å²) in [6.45, 7) is -1.50. The molecule has 0 saturated carbocycles. The molecule has 2 amide bonds. The van der Waals surface area contributed by atoms with Crippen LogP contribution in [0, 0.1) is 0 Å². The maximum absolute atomic E-state index is 12.7. The number of likely N-dealkylation sites (tertiary alicyclic amines) is 1. The molecule has 0 aromatic carbocycles. The average molecular weight is 352 g/mol. The van der Waals surface area contributed by atoms with Crippen molar-refractivity contribution in [2.45, 2.75) is 25.8 Å². The standard InChI is InChI=1S/C15H18F2N6O2/c1-21-12(14(25)22-6-3-2-4-7-22)11(9-18-21)19-13(24)10-5-8-23(20-10)15(16)17/h5,8-9,15H,2-4,6-7H2,1H3,(H,19,24). The molecule has 0 aliphatic carbocycles. The molecule has 8 nitrogen and oxygen atoms in total. The number of carbonyl (C=O) groups is 2. The summed E-state index contributed by atoms with van der Waals surface area (Å²) in [5, 5.41) is 10.1. The second-order valence-electron chi connectivity index (χ2n) is 5.80. The maximum atomic E-state index is 12.7. The number of aromatic nitrogens is 4. The van der Waals surface area contributed by atoms with Gasteiger partial charge in [-0.15, -0.1) is 0 Å². The molecule has 0 radical (unpaired) electrons. The highest BCUT2D eigenvalue weighted by atomic mass is 19.3. The zero-order valence-corrected chi connectivity index (χ0v) is 13.7. The van der Waals surface area contributed by atoms with Gasteiger partial charge in [-0.25, -0.2) is 4.68 Å². The van der Waals surface area contributed by atoms with E-state index in [2.05, 4.69) is 15.5 Å². The topological polar surface area (TPSA) is 85.0 Å². The van der Waals surface area contributed by atoms with Crippen molar-refractivity contribution in [1.82, 2.24) is 24.5 Å². The Morgan fingerprint density at radius 1 is 1.24 bits per heavy atom. The second-order valence-corrected chi connectivity index (χ2v) is 5.80. The fourth-order valence-corrected chi connectivity index (χ4v) is 2.78. The molecule has 3 rings (SSSR count). The third kappa shape index (κ3) is 3.52. The Morgan fingerprint density at radius 3 is 2.60 bits per heavy atom. The number of amides is 2. The first-order valence-corrected chi connectivity index (χ1v) is 7.93. The van der Waals surface area contributed by atoms with Crippen molar-refractivity contribution in [2.24, 2.45) is 7.05 Å². The van der Waals surface area contributed by atoms with E-state index >= 15 is 0 Å². The molecule has 0 atom stereocenters. The van der Waals surface area contributed by atoms with Gasteiger partial charge in [-0.1, -0.05) is 0 Å². The zero-order chi connectivity index (χ0) is 18.0. The summed E-state index contributed by atoms with van der Waals surface area (Å²) in [5.74, 6) is -0.895. The monoisotopic (exact) mass is 352 g/mol. The third-order valence-electron chi connectivity index (χ3n) is 4.07. The highest BCUT2D eigenvalue weighted by Gasteiger charge is 2.25. The van der Waals surface area contributed by atoms with Gasteiger partial charge in [0.05, 0.1) is 11.9 Å². The molecule has 1 fully saturated rings. The molecule has 10 heteroatoms. The minimum absolute atomic E-state index is 0.166. The largest absolute Gasteiger partial charge is 0.337 e. The minimum Gasteiger partial charge on any atom is -0.337 e. The quantitative estimate of drug-likeness (QED) is 0.911. The number of anilines is 1. The van der Waals surface area contributed by atoms with Crippen LogP contribution in [0.25, 0.3) is 0 Å². The van der Waals surface area contributed by atoms with Gasteiger partial charge in [-0.3, -0.25) is 14.3 Å². The molecule has 1 N–H and O–H groups in total. The SMILES string of the molecule is Cn1ncc(NC(=O)c2ccn(C(F)F)n2)c1C(=O)N1CCCCC1. The van der Waals surface area contributed by atoms with Gasteiger partial charge in [0.1, 0.15) is 5.69 Å². The molecular formula is C15H18F2N6O2. The van der Waals surface area contributed by atoms with Crippen molar-refractivity contribution in [3.63, 3.8) is 0 Å². The summed E-state index contributed by atoms with van der Waals surface area (Å²) >= 11 is 0. The molecule has 2 aromatic heterocycles. The third-order valence-corrected chi connectivity index (χ3v) is 4.07. The summed E-state index contributed by atoms with van der Waals surface area (Å²) in [6.07, 6.45) is 5.35. The van der Waals surface area contributed by atoms with Crippen LogP contribution in [0.2, 0.25) is 0 Å². The number of piperidine rings is 1. The summed E-state index contributed by atoms with van der Waals surface area (Å²) in [6, 6.07) is 1.18. The lowest BCUT2D eigenvalue weighted by atomic mass is 10.1. The van der Waals surface area contributed by atoms with Crippen LogP contribution in [0.5, 0.6) is 0 Å². The predicted molar refractivity (Wildman–Crippen MR) is 84.4 cm³/mol. The van der Waals surface area contributed by atoms with Crippen LogP contribution in [-0.4, -0.2) is 49.4 Å². The fourth-order valence-electron chi connectivity index (χ4n) is 2.78. The van der Waals surface area contributed by atoms with Gasteiger partial charge in [0.2, 0.25) is 0 Å². The lowest BCUT2D eigenvalue weighted by Crippen LogP contribution is -2.37. The zero-order valence-electron chi connectivity index (χ0n) is 13.7. The first kappa shape index (κ1) is 17.1. The van der Waals surface area contributed by atoms with Gasteiger partial charge in [-0.2, -0.15) is 19.0 Å². The van der Waals surface area contributed by atoms with E-state index in [0.29, 0.717) is 17.8 Å². The Bertz CT molecular complexity index is 779. The van der Waals surface area contributed by atoms with Crippen molar-refractivity contribution in [3.05, 3.63) is 29.8 Å². The highest BCUT2D eigenvalue weighted by molar-refractivity contribution is 6.07. The van der Waals surface area contributed by atoms with Crippen LogP contribution in [0.3, 0.4) is 0 Å². The van der Waals surface area contributed by atoms with E-state index in [1.54, 1.807) is 11.9 Å². The van der Waals surface area contributed by atoms with Crippen LogP contribution in [0.15, 0.2) is 18.5 Å². The van der Waals surface area contributed by atoms with Crippen molar-refractivity contribution in [3.8, 4) is 0 Å². The van der Waals surface area contributed by atoms with E-state index in [9.17, 15) is 18.4 Å². The van der Waals surface area contributed by atoms with E-state index in [1.807, 2.05) is 0 Å². The van der Waals surface area contributed by atoms with E-state index in [-0.39, 0.29) is 23.0 Å². The molecule has 3 heterocycles. The van der Waals surface area contributed by atoms with Gasteiger partial charge in [0, 0.05) is 26.3 Å². The van der Waals surface area contributed by atoms with Gasteiger partial charge in [0.25, 0.3) is 11.8 Å². The summed E-state index contributed by atoms with van der Waals surface area (Å²) < 4.78 is 26.9. The maximum Gasteiger partial charge on any atom is 0.333 e. The lowest BCUT2D eigenvalue weighted by molar-refractivity contribution is 0.0561. The molecule has 2 aromatic rings. The van der Waals surface area contributed by atoms with Crippen LogP contribution < -0.4 is 5.32 Å². The van der Waals surface area contributed by atoms with Crippen molar-refractivity contribution in [1.29, 1.82) is 0 Å². The number of nitrogens with zero attached hydrogens (tertiary/aromatic N) is 5. The molecule has 1 saturated heterocycles. The van der Waals surface area contributed by atoms with Gasteiger partial charge in [-0.05, 0) is 25.3 Å². The van der Waals surface area contributed by atoms with Gasteiger partial charge < -0.3 is 10.2 Å². The van der Waals surface area contributed by atoms with Crippen LogP contribution in [0.1, 0.15) is 46.8 Å². The number of carbonyl (C=O) groups excluding carboxylic acids is 2. The Kier molecular flexibility index (Phi) is 4.77. The van der Waals surface area contributed by atoms with Crippen LogP contribution in [-0.2, 0) is 7.05 Å². The molecule has 0 spiro atoms. The Morgan fingerprint density at radius 2 is 1.96 bits per heavy atom. The number of hydrogen-bond donors (Lipinski definition) is 1. The molecular weight excluding hydrogens is 334 g/mol. The highest BCUT2D eigenvalue weighted by Crippen LogP contribution is 2.20. The van der Waals surface area contributed by atoms with E-state index in [1.165, 1.54) is 16.9 Å². The molecule has 25 heavy (non-hydrogen) atoms. The van der Waals surface area contributed by atoms with E-state index in [0.717, 1.165) is 25.5 Å². The van der Waals surface area contributed by atoms with Crippen LogP contribution in [0.4, 0.5) is 14.5 Å². The molecule has 0 bridgehead atoms. The first-order chi connectivity index (χ1) is 12.0. The molecule has 0 unspecified atom stereocenters. The van der Waals surface area contributed by atoms with Crippen LogP contribution >= 0.6 is 0 Å². The number of rotatable bonds is 4. The molecule has 1 aliphatic rings. The minimum atomic E-state index is -2.82. The smallest absolute Gasteiger partial charge is 0.333 e. The first-order valence-electron chi connectivity index (χ1n) is 7.93. The van der Waals surface area contributed by atoms with E-state index in [4.69, 9.17) is 0 Å². The number of halogens is 2. The fraction of sp³-hybridized carbons (Fsp3) is 0.467.